The summed E-state index contributed by atoms with van der Waals surface area (Å²) in [7, 11) is -0.600. The molecule has 22 heavy (non-hydrogen) atoms. The molecule has 0 spiro atoms. The quantitative estimate of drug-likeness (QED) is 0.772. The van der Waals surface area contributed by atoms with Gasteiger partial charge in [-0.05, 0) is 33.8 Å². The Morgan fingerprint density at radius 2 is 1.77 bits per heavy atom. The van der Waals surface area contributed by atoms with E-state index in [0.717, 1.165) is 0 Å². The molecule has 1 aliphatic heterocycles. The number of aromatic nitrogens is 3. The molecule has 0 bridgehead atoms. The Bertz CT molecular complexity index is 741. The van der Waals surface area contributed by atoms with E-state index in [0.29, 0.717) is 11.4 Å². The summed E-state index contributed by atoms with van der Waals surface area (Å²) >= 11 is 0. The molecule has 0 N–H and O–H groups in total. The fraction of sp³-hybridized carbons (Fsp3) is 0.400. The van der Waals surface area contributed by atoms with E-state index in [1.54, 1.807) is 24.5 Å². The molecule has 2 aromatic heterocycles. The zero-order valence-electron chi connectivity index (χ0n) is 13.1. The van der Waals surface area contributed by atoms with Crippen LogP contribution in [0.15, 0.2) is 41.6 Å². The summed E-state index contributed by atoms with van der Waals surface area (Å²) in [5.41, 5.74) is -0.507. The van der Waals surface area contributed by atoms with Gasteiger partial charge in [0.25, 0.3) is 5.56 Å². The smallest absolute Gasteiger partial charge is 0.398 e. The number of rotatable bonds is 2. The van der Waals surface area contributed by atoms with Crippen molar-refractivity contribution in [2.75, 3.05) is 0 Å². The van der Waals surface area contributed by atoms with E-state index in [-0.39, 0.29) is 5.56 Å². The summed E-state index contributed by atoms with van der Waals surface area (Å²) in [5.74, 6) is 0.442. The molecule has 3 rings (SSSR count). The Morgan fingerprint density at radius 1 is 1.09 bits per heavy atom. The van der Waals surface area contributed by atoms with Gasteiger partial charge in [0, 0.05) is 18.5 Å². The fourth-order valence-electron chi connectivity index (χ4n) is 2.18. The van der Waals surface area contributed by atoms with Crippen molar-refractivity contribution in [3.05, 3.63) is 47.1 Å². The molecule has 0 radical (unpaired) electrons. The highest BCUT2D eigenvalue weighted by atomic mass is 16.7. The molecule has 0 amide bonds. The second kappa shape index (κ2) is 5.03. The summed E-state index contributed by atoms with van der Waals surface area (Å²) < 4.78 is 13.4. The van der Waals surface area contributed by atoms with Crippen LogP contribution in [0.1, 0.15) is 27.7 Å². The Labute approximate surface area is 129 Å². The average Bonchev–Trinajstić information content (AvgIpc) is 2.68. The Kier molecular flexibility index (Phi) is 3.42. The van der Waals surface area contributed by atoms with E-state index in [4.69, 9.17) is 9.31 Å². The predicted octanol–water partition coefficient (Wildman–Crippen LogP) is 0.927. The highest BCUT2D eigenvalue weighted by Gasteiger charge is 2.52. The molecule has 1 fully saturated rings. The van der Waals surface area contributed by atoms with Gasteiger partial charge in [0.2, 0.25) is 0 Å². The molecule has 1 saturated heterocycles. The molecular weight excluding hydrogens is 281 g/mol. The minimum Gasteiger partial charge on any atom is -0.398 e. The third-order valence-electron chi connectivity index (χ3n) is 4.20. The third kappa shape index (κ3) is 2.46. The SMILES string of the molecule is CC1(C)OB(c2cncc(-n3ccccc3=O)n2)OC1(C)C. The van der Waals surface area contributed by atoms with Crippen LogP contribution >= 0.6 is 0 Å². The number of hydrogen-bond donors (Lipinski definition) is 0. The minimum atomic E-state index is -0.600. The predicted molar refractivity (Wildman–Crippen MR) is 83.3 cm³/mol. The first-order valence-electron chi connectivity index (χ1n) is 7.16. The number of hydrogen-bond acceptors (Lipinski definition) is 5. The normalized spacial score (nSPS) is 19.4. The molecular formula is C15H18BN3O3. The van der Waals surface area contributed by atoms with Crippen molar-refractivity contribution in [1.29, 1.82) is 0 Å². The van der Waals surface area contributed by atoms with Gasteiger partial charge in [-0.25, -0.2) is 4.98 Å². The Morgan fingerprint density at radius 3 is 2.41 bits per heavy atom. The molecule has 0 saturated carbocycles. The lowest BCUT2D eigenvalue weighted by Crippen LogP contribution is -2.41. The summed E-state index contributed by atoms with van der Waals surface area (Å²) in [5, 5.41) is 0. The van der Waals surface area contributed by atoms with Crippen molar-refractivity contribution in [1.82, 2.24) is 14.5 Å². The van der Waals surface area contributed by atoms with Crippen LogP contribution in [0, 0.1) is 0 Å². The molecule has 114 valence electrons. The molecule has 1 aliphatic rings. The van der Waals surface area contributed by atoms with Gasteiger partial charge in [-0.2, -0.15) is 0 Å². The van der Waals surface area contributed by atoms with Crippen LogP contribution < -0.4 is 11.2 Å². The van der Waals surface area contributed by atoms with Gasteiger partial charge < -0.3 is 9.31 Å². The lowest BCUT2D eigenvalue weighted by atomic mass is 9.85. The molecule has 0 aliphatic carbocycles. The third-order valence-corrected chi connectivity index (χ3v) is 4.20. The van der Waals surface area contributed by atoms with Crippen LogP contribution in [0.2, 0.25) is 0 Å². The molecule has 3 heterocycles. The Balaban J connectivity index is 1.97. The van der Waals surface area contributed by atoms with E-state index < -0.39 is 18.3 Å². The summed E-state index contributed by atoms with van der Waals surface area (Å²) in [6, 6.07) is 4.93. The van der Waals surface area contributed by atoms with Crippen LogP contribution in [-0.4, -0.2) is 32.9 Å². The van der Waals surface area contributed by atoms with Crippen LogP contribution in [0.4, 0.5) is 0 Å². The Hall–Kier alpha value is -1.99. The standard InChI is InChI=1S/C15H18BN3O3/c1-14(2)15(3,4)22-16(21-14)11-9-17-10-12(18-11)19-8-6-5-7-13(19)20/h5-10H,1-4H3. The number of nitrogens with zero attached hydrogens (tertiary/aromatic N) is 3. The van der Waals surface area contributed by atoms with E-state index >= 15 is 0 Å². The first-order chi connectivity index (χ1) is 10.3. The van der Waals surface area contributed by atoms with Crippen LogP contribution in [0.3, 0.4) is 0 Å². The zero-order chi connectivity index (χ0) is 16.0. The topological polar surface area (TPSA) is 66.2 Å². The van der Waals surface area contributed by atoms with Crippen molar-refractivity contribution in [3.63, 3.8) is 0 Å². The van der Waals surface area contributed by atoms with E-state index in [9.17, 15) is 4.79 Å². The molecule has 0 atom stereocenters. The highest BCUT2D eigenvalue weighted by Crippen LogP contribution is 2.36. The summed E-state index contributed by atoms with van der Waals surface area (Å²) in [6.45, 7) is 7.91. The summed E-state index contributed by atoms with van der Waals surface area (Å²) in [6.07, 6.45) is 4.79. The van der Waals surface area contributed by atoms with Crippen molar-refractivity contribution in [2.24, 2.45) is 0 Å². The van der Waals surface area contributed by atoms with Crippen molar-refractivity contribution in [2.45, 2.75) is 38.9 Å². The fourth-order valence-corrected chi connectivity index (χ4v) is 2.18. The zero-order valence-corrected chi connectivity index (χ0v) is 13.1. The van der Waals surface area contributed by atoms with E-state index in [2.05, 4.69) is 9.97 Å². The largest absolute Gasteiger partial charge is 0.516 e. The van der Waals surface area contributed by atoms with Crippen molar-refractivity contribution >= 4 is 12.7 Å². The van der Waals surface area contributed by atoms with Crippen LogP contribution in [0.5, 0.6) is 0 Å². The van der Waals surface area contributed by atoms with Gasteiger partial charge in [0.05, 0.1) is 23.0 Å². The van der Waals surface area contributed by atoms with Crippen molar-refractivity contribution < 1.29 is 9.31 Å². The maximum Gasteiger partial charge on any atom is 0.516 e. The molecule has 7 heteroatoms. The lowest BCUT2D eigenvalue weighted by molar-refractivity contribution is 0.00578. The van der Waals surface area contributed by atoms with E-state index in [1.165, 1.54) is 16.8 Å². The molecule has 2 aromatic rings. The van der Waals surface area contributed by atoms with Gasteiger partial charge in [-0.1, -0.05) is 6.07 Å². The minimum absolute atomic E-state index is 0.164. The monoisotopic (exact) mass is 299 g/mol. The highest BCUT2D eigenvalue weighted by molar-refractivity contribution is 6.61. The average molecular weight is 299 g/mol. The number of pyridine rings is 1. The first-order valence-corrected chi connectivity index (χ1v) is 7.16. The van der Waals surface area contributed by atoms with Gasteiger partial charge >= 0.3 is 7.12 Å². The molecule has 0 unspecified atom stereocenters. The maximum atomic E-state index is 11.9. The van der Waals surface area contributed by atoms with Crippen LogP contribution in [-0.2, 0) is 9.31 Å². The first kappa shape index (κ1) is 14.9. The van der Waals surface area contributed by atoms with Crippen LogP contribution in [0.25, 0.3) is 5.82 Å². The van der Waals surface area contributed by atoms with E-state index in [1.807, 2.05) is 27.7 Å². The second-order valence-corrected chi connectivity index (χ2v) is 6.30. The van der Waals surface area contributed by atoms with Crippen molar-refractivity contribution in [3.8, 4) is 5.82 Å². The molecule has 6 nitrogen and oxygen atoms in total. The van der Waals surface area contributed by atoms with Gasteiger partial charge in [-0.15, -0.1) is 0 Å². The second-order valence-electron chi connectivity index (χ2n) is 6.30. The van der Waals surface area contributed by atoms with Gasteiger partial charge in [0.1, 0.15) is 0 Å². The molecule has 0 aromatic carbocycles. The maximum absolute atomic E-state index is 11.9. The van der Waals surface area contributed by atoms with Gasteiger partial charge in [-0.3, -0.25) is 14.3 Å². The summed E-state index contributed by atoms with van der Waals surface area (Å²) in [4.78, 5) is 20.5. The van der Waals surface area contributed by atoms with Gasteiger partial charge in [0.15, 0.2) is 5.82 Å². The lowest BCUT2D eigenvalue weighted by Gasteiger charge is -2.32.